The molecule has 0 spiro atoms. The second-order valence-electron chi connectivity index (χ2n) is 5.83. The molecule has 0 aliphatic heterocycles. The first-order chi connectivity index (χ1) is 11.7. The van der Waals surface area contributed by atoms with Crippen LogP contribution in [-0.4, -0.2) is 11.0 Å². The molecule has 0 bridgehead atoms. The summed E-state index contributed by atoms with van der Waals surface area (Å²) < 4.78 is 14.5. The maximum atomic E-state index is 14.5. The smallest absolute Gasteiger partial charge is 0.130 e. The van der Waals surface area contributed by atoms with Crippen LogP contribution in [0.3, 0.4) is 0 Å². The van der Waals surface area contributed by atoms with Gasteiger partial charge in [-0.3, -0.25) is 0 Å². The number of rotatable bonds is 5. The molecule has 0 amide bonds. The zero-order valence-corrected chi connectivity index (χ0v) is 14.3. The first-order valence-electron chi connectivity index (χ1n) is 8.02. The summed E-state index contributed by atoms with van der Waals surface area (Å²) in [6.45, 7) is 1.52. The van der Waals surface area contributed by atoms with Gasteiger partial charge in [0.2, 0.25) is 0 Å². The molecule has 0 aromatic heterocycles. The molecule has 24 heavy (non-hydrogen) atoms. The van der Waals surface area contributed by atoms with Gasteiger partial charge in [-0.05, 0) is 23.6 Å². The quantitative estimate of drug-likeness (QED) is 0.423. The van der Waals surface area contributed by atoms with Crippen LogP contribution in [0.15, 0.2) is 91.0 Å². The average molecular weight is 334 g/mol. The molecule has 0 heterocycles. The maximum Gasteiger partial charge on any atom is 0.130 e. The van der Waals surface area contributed by atoms with E-state index in [0.29, 0.717) is 4.86 Å². The summed E-state index contributed by atoms with van der Waals surface area (Å²) >= 11 is 5.68. The van der Waals surface area contributed by atoms with E-state index in [1.54, 1.807) is 0 Å². The van der Waals surface area contributed by atoms with E-state index in [1.807, 2.05) is 91.0 Å². The fraction of sp³-hybridized carbons (Fsp3) is 0.136. The van der Waals surface area contributed by atoms with Gasteiger partial charge in [-0.2, -0.15) is 0 Å². The molecular formula is C22H19FS. The number of thiocarbonyl (C=S) groups is 1. The summed E-state index contributed by atoms with van der Waals surface area (Å²) in [5.41, 5.74) is 2.17. The SMILES string of the molecule is CC(F)C(=S)C(c1ccccc1)(c1ccccc1)c1ccccc1. The van der Waals surface area contributed by atoms with Crippen molar-refractivity contribution in [3.05, 3.63) is 108 Å². The fourth-order valence-electron chi connectivity index (χ4n) is 3.29. The first kappa shape index (κ1) is 16.5. The van der Waals surface area contributed by atoms with Crippen molar-refractivity contribution in [2.45, 2.75) is 18.5 Å². The average Bonchev–Trinajstić information content (AvgIpc) is 2.65. The second-order valence-corrected chi connectivity index (χ2v) is 6.27. The third-order valence-corrected chi connectivity index (χ3v) is 4.98. The third kappa shape index (κ3) is 2.78. The van der Waals surface area contributed by atoms with Gasteiger partial charge in [-0.1, -0.05) is 103 Å². The summed E-state index contributed by atoms with van der Waals surface area (Å²) in [5, 5.41) is 0. The highest BCUT2D eigenvalue weighted by molar-refractivity contribution is 7.80. The van der Waals surface area contributed by atoms with Gasteiger partial charge in [0.15, 0.2) is 0 Å². The van der Waals surface area contributed by atoms with Gasteiger partial charge in [-0.25, -0.2) is 4.39 Å². The highest BCUT2D eigenvalue weighted by Gasteiger charge is 2.42. The first-order valence-corrected chi connectivity index (χ1v) is 8.43. The molecule has 0 saturated heterocycles. The molecule has 1 atom stereocenters. The van der Waals surface area contributed by atoms with Crippen molar-refractivity contribution in [1.29, 1.82) is 0 Å². The monoisotopic (exact) mass is 334 g/mol. The van der Waals surface area contributed by atoms with Crippen molar-refractivity contribution < 1.29 is 4.39 Å². The van der Waals surface area contributed by atoms with E-state index in [1.165, 1.54) is 6.92 Å². The Labute approximate surface area is 148 Å². The van der Waals surface area contributed by atoms with Crippen molar-refractivity contribution in [3.8, 4) is 0 Å². The Balaban J connectivity index is 2.40. The third-order valence-electron chi connectivity index (χ3n) is 4.35. The van der Waals surface area contributed by atoms with Crippen molar-refractivity contribution in [2.24, 2.45) is 0 Å². The molecule has 0 aliphatic rings. The highest BCUT2D eigenvalue weighted by atomic mass is 32.1. The molecule has 0 fully saturated rings. The lowest BCUT2D eigenvalue weighted by atomic mass is 9.66. The van der Waals surface area contributed by atoms with Gasteiger partial charge in [0.25, 0.3) is 0 Å². The van der Waals surface area contributed by atoms with E-state index in [4.69, 9.17) is 12.2 Å². The Hall–Kier alpha value is -2.32. The molecule has 120 valence electrons. The number of alkyl halides is 1. The van der Waals surface area contributed by atoms with Crippen molar-refractivity contribution in [1.82, 2.24) is 0 Å². The molecule has 0 N–H and O–H groups in total. The predicted molar refractivity (Wildman–Crippen MR) is 102 cm³/mol. The summed E-state index contributed by atoms with van der Waals surface area (Å²) in [6.07, 6.45) is -1.21. The Kier molecular flexibility index (Phi) is 4.86. The summed E-state index contributed by atoms with van der Waals surface area (Å²) in [4.78, 5) is 0.381. The van der Waals surface area contributed by atoms with Crippen LogP contribution >= 0.6 is 12.2 Å². The van der Waals surface area contributed by atoms with E-state index < -0.39 is 11.6 Å². The number of hydrogen-bond donors (Lipinski definition) is 0. The lowest BCUT2D eigenvalue weighted by Gasteiger charge is -2.37. The Morgan fingerprint density at radius 2 is 1.00 bits per heavy atom. The number of benzene rings is 3. The van der Waals surface area contributed by atoms with E-state index in [9.17, 15) is 4.39 Å². The van der Waals surface area contributed by atoms with Crippen LogP contribution in [0.25, 0.3) is 0 Å². The number of hydrogen-bond acceptors (Lipinski definition) is 1. The van der Waals surface area contributed by atoms with Crippen LogP contribution in [0.5, 0.6) is 0 Å². The van der Waals surface area contributed by atoms with Crippen LogP contribution in [0.2, 0.25) is 0 Å². The van der Waals surface area contributed by atoms with Crippen LogP contribution in [0, 0.1) is 0 Å². The Bertz CT molecular complexity index is 698. The van der Waals surface area contributed by atoms with Gasteiger partial charge in [0, 0.05) is 4.86 Å². The van der Waals surface area contributed by atoms with Crippen LogP contribution in [-0.2, 0) is 5.41 Å². The second kappa shape index (κ2) is 7.06. The van der Waals surface area contributed by atoms with Gasteiger partial charge in [0.1, 0.15) is 6.17 Å². The topological polar surface area (TPSA) is 0 Å². The maximum absolute atomic E-state index is 14.5. The van der Waals surface area contributed by atoms with E-state index >= 15 is 0 Å². The van der Waals surface area contributed by atoms with Gasteiger partial charge >= 0.3 is 0 Å². The molecule has 0 nitrogen and oxygen atoms in total. The summed E-state index contributed by atoms with van der Waals surface area (Å²) in [7, 11) is 0. The minimum absolute atomic E-state index is 0.381. The van der Waals surface area contributed by atoms with E-state index in [-0.39, 0.29) is 0 Å². The zero-order chi connectivity index (χ0) is 17.0. The lowest BCUT2D eigenvalue weighted by molar-refractivity contribution is 0.446. The van der Waals surface area contributed by atoms with Gasteiger partial charge in [0.05, 0.1) is 5.41 Å². The molecule has 2 heteroatoms. The van der Waals surface area contributed by atoms with E-state index in [2.05, 4.69) is 0 Å². The van der Waals surface area contributed by atoms with Crippen LogP contribution in [0.4, 0.5) is 4.39 Å². The van der Waals surface area contributed by atoms with Gasteiger partial charge in [-0.15, -0.1) is 0 Å². The molecule has 0 saturated carbocycles. The fourth-order valence-corrected chi connectivity index (χ4v) is 3.64. The Morgan fingerprint density at radius 3 is 1.25 bits per heavy atom. The van der Waals surface area contributed by atoms with Crippen molar-refractivity contribution >= 4 is 17.1 Å². The van der Waals surface area contributed by atoms with E-state index in [0.717, 1.165) is 16.7 Å². The zero-order valence-electron chi connectivity index (χ0n) is 13.5. The highest BCUT2D eigenvalue weighted by Crippen LogP contribution is 2.42. The number of halogens is 1. The van der Waals surface area contributed by atoms with Crippen LogP contribution in [0.1, 0.15) is 23.6 Å². The predicted octanol–water partition coefficient (Wildman–Crippen LogP) is 5.75. The molecule has 3 rings (SSSR count). The standard InChI is InChI=1S/C22H19FS/c1-17(23)21(24)22(18-11-5-2-6-12-18,19-13-7-3-8-14-19)20-15-9-4-10-16-20/h2-17H,1H3. The van der Waals surface area contributed by atoms with Crippen molar-refractivity contribution in [3.63, 3.8) is 0 Å². The van der Waals surface area contributed by atoms with Crippen LogP contribution < -0.4 is 0 Å². The summed E-state index contributed by atoms with van der Waals surface area (Å²) in [6, 6.07) is 29.9. The lowest BCUT2D eigenvalue weighted by Crippen LogP contribution is -2.41. The minimum Gasteiger partial charge on any atom is -0.242 e. The normalized spacial score (nSPS) is 12.6. The molecule has 1 unspecified atom stereocenters. The largest absolute Gasteiger partial charge is 0.242 e. The Morgan fingerprint density at radius 1 is 0.708 bits per heavy atom. The van der Waals surface area contributed by atoms with Gasteiger partial charge < -0.3 is 0 Å². The summed E-state index contributed by atoms with van der Waals surface area (Å²) in [5.74, 6) is 0. The van der Waals surface area contributed by atoms with Crippen molar-refractivity contribution in [2.75, 3.05) is 0 Å². The molecule has 0 radical (unpaired) electrons. The molecule has 3 aromatic carbocycles. The molecule has 3 aromatic rings. The molecule has 0 aliphatic carbocycles. The minimum atomic E-state index is -1.21. The molecular weight excluding hydrogens is 315 g/mol.